The van der Waals surface area contributed by atoms with Gasteiger partial charge in [0.05, 0.1) is 23.0 Å². The Balaban J connectivity index is 2.73. The second-order valence-corrected chi connectivity index (χ2v) is 5.36. The molecule has 0 spiro atoms. The van der Waals surface area contributed by atoms with Crippen LogP contribution in [-0.4, -0.2) is 41.7 Å². The van der Waals surface area contributed by atoms with Gasteiger partial charge in [-0.3, -0.25) is 4.68 Å². The van der Waals surface area contributed by atoms with Gasteiger partial charge in [-0.1, -0.05) is 6.92 Å². The van der Waals surface area contributed by atoms with Crippen molar-refractivity contribution in [1.29, 1.82) is 0 Å². The Kier molecular flexibility index (Phi) is 6.28. The number of halogens is 1. The van der Waals surface area contributed by atoms with Crippen LogP contribution in [0.1, 0.15) is 26.0 Å². The van der Waals surface area contributed by atoms with Crippen molar-refractivity contribution >= 4 is 15.9 Å². The van der Waals surface area contributed by atoms with Crippen LogP contribution in [0.5, 0.6) is 0 Å². The fourth-order valence-corrected chi connectivity index (χ4v) is 2.59. The molecule has 5 nitrogen and oxygen atoms in total. The Labute approximate surface area is 117 Å². The van der Waals surface area contributed by atoms with Gasteiger partial charge in [0.1, 0.15) is 5.60 Å². The molecule has 1 unspecified atom stereocenters. The molecule has 104 valence electrons. The number of hydrogen-bond donors (Lipinski definition) is 2. The molecule has 18 heavy (non-hydrogen) atoms. The Morgan fingerprint density at radius 3 is 2.94 bits per heavy atom. The molecule has 1 atom stereocenters. The van der Waals surface area contributed by atoms with Crippen LogP contribution in [0.4, 0.5) is 0 Å². The number of nitrogens with one attached hydrogen (secondary N) is 1. The normalized spacial score (nSPS) is 14.7. The summed E-state index contributed by atoms with van der Waals surface area (Å²) in [6, 6.07) is 0. The van der Waals surface area contributed by atoms with Gasteiger partial charge >= 0.3 is 0 Å². The van der Waals surface area contributed by atoms with Gasteiger partial charge in [-0.05, 0) is 29.3 Å². The third-order valence-corrected chi connectivity index (χ3v) is 3.27. The summed E-state index contributed by atoms with van der Waals surface area (Å²) in [5.41, 5.74) is -0.146. The minimum atomic E-state index is -0.960. The van der Waals surface area contributed by atoms with E-state index in [0.717, 1.165) is 23.1 Å². The Bertz CT molecular complexity index is 366. The monoisotopic (exact) mass is 319 g/mol. The SMILES string of the molecule is CCCn1ncc(Br)c1C(C)(O)CNCCOC. The van der Waals surface area contributed by atoms with Crippen molar-refractivity contribution in [3.63, 3.8) is 0 Å². The van der Waals surface area contributed by atoms with Crippen LogP contribution in [-0.2, 0) is 16.9 Å². The molecular weight excluding hydrogens is 298 g/mol. The predicted octanol–water partition coefficient (Wildman–Crippen LogP) is 1.50. The van der Waals surface area contributed by atoms with Crippen molar-refractivity contribution in [2.75, 3.05) is 26.8 Å². The number of aromatic nitrogens is 2. The Morgan fingerprint density at radius 1 is 1.61 bits per heavy atom. The summed E-state index contributed by atoms with van der Waals surface area (Å²) in [5.74, 6) is 0. The lowest BCUT2D eigenvalue weighted by molar-refractivity contribution is 0.0448. The van der Waals surface area contributed by atoms with E-state index in [4.69, 9.17) is 4.74 Å². The molecule has 0 radical (unpaired) electrons. The second kappa shape index (κ2) is 7.23. The second-order valence-electron chi connectivity index (χ2n) is 4.51. The molecule has 1 heterocycles. The van der Waals surface area contributed by atoms with Gasteiger partial charge in [0.2, 0.25) is 0 Å². The van der Waals surface area contributed by atoms with Gasteiger partial charge in [-0.2, -0.15) is 5.10 Å². The molecule has 2 N–H and O–H groups in total. The predicted molar refractivity (Wildman–Crippen MR) is 74.5 cm³/mol. The molecule has 1 rings (SSSR count). The number of nitrogens with zero attached hydrogens (tertiary/aromatic N) is 2. The molecule has 0 amide bonds. The number of aryl methyl sites for hydroxylation is 1. The highest BCUT2D eigenvalue weighted by atomic mass is 79.9. The van der Waals surface area contributed by atoms with Crippen molar-refractivity contribution in [3.8, 4) is 0 Å². The molecule has 0 saturated heterocycles. The lowest BCUT2D eigenvalue weighted by Gasteiger charge is -2.25. The molecule has 0 bridgehead atoms. The number of ether oxygens (including phenoxy) is 1. The zero-order valence-electron chi connectivity index (χ0n) is 11.2. The molecule has 0 aliphatic carbocycles. The maximum absolute atomic E-state index is 10.6. The van der Waals surface area contributed by atoms with E-state index in [1.165, 1.54) is 0 Å². The largest absolute Gasteiger partial charge is 0.383 e. The maximum atomic E-state index is 10.6. The first kappa shape index (κ1) is 15.6. The molecule has 0 saturated carbocycles. The quantitative estimate of drug-likeness (QED) is 0.713. The fourth-order valence-electron chi connectivity index (χ4n) is 1.87. The fraction of sp³-hybridized carbons (Fsp3) is 0.750. The van der Waals surface area contributed by atoms with Crippen LogP contribution in [0.2, 0.25) is 0 Å². The van der Waals surface area contributed by atoms with Crippen LogP contribution in [0.3, 0.4) is 0 Å². The minimum Gasteiger partial charge on any atom is -0.383 e. The topological polar surface area (TPSA) is 59.3 Å². The molecule has 0 aliphatic heterocycles. The molecule has 0 aromatic carbocycles. The summed E-state index contributed by atoms with van der Waals surface area (Å²) < 4.78 is 7.65. The van der Waals surface area contributed by atoms with E-state index in [-0.39, 0.29) is 0 Å². The summed E-state index contributed by atoms with van der Waals surface area (Å²) >= 11 is 3.45. The molecule has 0 fully saturated rings. The highest BCUT2D eigenvalue weighted by molar-refractivity contribution is 9.10. The van der Waals surface area contributed by atoms with Crippen molar-refractivity contribution in [3.05, 3.63) is 16.4 Å². The third-order valence-electron chi connectivity index (χ3n) is 2.69. The van der Waals surface area contributed by atoms with E-state index in [1.807, 2.05) is 4.68 Å². The molecule has 1 aromatic rings. The Hall–Kier alpha value is -0.430. The molecular formula is C12H22BrN3O2. The van der Waals surface area contributed by atoms with E-state index in [2.05, 4.69) is 33.3 Å². The van der Waals surface area contributed by atoms with E-state index < -0.39 is 5.60 Å². The van der Waals surface area contributed by atoms with Gasteiger partial charge in [-0.15, -0.1) is 0 Å². The summed E-state index contributed by atoms with van der Waals surface area (Å²) in [5, 5.41) is 18.0. The third kappa shape index (κ3) is 4.05. The first-order chi connectivity index (χ1) is 8.53. The zero-order valence-corrected chi connectivity index (χ0v) is 12.8. The van der Waals surface area contributed by atoms with Crippen molar-refractivity contribution in [2.24, 2.45) is 0 Å². The summed E-state index contributed by atoms with van der Waals surface area (Å²) in [6.45, 7) is 6.49. The maximum Gasteiger partial charge on any atom is 0.117 e. The van der Waals surface area contributed by atoms with Crippen LogP contribution in [0, 0.1) is 0 Å². The molecule has 6 heteroatoms. The van der Waals surface area contributed by atoms with E-state index in [1.54, 1.807) is 20.2 Å². The van der Waals surface area contributed by atoms with Crippen molar-refractivity contribution in [2.45, 2.75) is 32.4 Å². The first-order valence-corrected chi connectivity index (χ1v) is 6.96. The lowest BCUT2D eigenvalue weighted by Crippen LogP contribution is -2.38. The lowest BCUT2D eigenvalue weighted by atomic mass is 10.0. The highest BCUT2D eigenvalue weighted by Gasteiger charge is 2.29. The van der Waals surface area contributed by atoms with Crippen molar-refractivity contribution < 1.29 is 9.84 Å². The molecule has 1 aromatic heterocycles. The summed E-state index contributed by atoms with van der Waals surface area (Å²) in [4.78, 5) is 0. The standard InChI is InChI=1S/C12H22BrN3O2/c1-4-6-16-11(10(13)8-15-16)12(2,17)9-14-5-7-18-3/h8,14,17H,4-7,9H2,1-3H3. The van der Waals surface area contributed by atoms with E-state index in [0.29, 0.717) is 19.7 Å². The van der Waals surface area contributed by atoms with Crippen LogP contribution < -0.4 is 5.32 Å². The number of aliphatic hydroxyl groups is 1. The van der Waals surface area contributed by atoms with Crippen LogP contribution in [0.25, 0.3) is 0 Å². The minimum absolute atomic E-state index is 0.463. The van der Waals surface area contributed by atoms with Crippen LogP contribution in [0.15, 0.2) is 10.7 Å². The van der Waals surface area contributed by atoms with Gasteiger partial charge in [0.25, 0.3) is 0 Å². The molecule has 0 aliphatic rings. The van der Waals surface area contributed by atoms with E-state index in [9.17, 15) is 5.11 Å². The van der Waals surface area contributed by atoms with Gasteiger partial charge < -0.3 is 15.2 Å². The summed E-state index contributed by atoms with van der Waals surface area (Å²) in [6.07, 6.45) is 2.71. The number of rotatable bonds is 8. The zero-order chi connectivity index (χ0) is 13.6. The van der Waals surface area contributed by atoms with Crippen molar-refractivity contribution in [1.82, 2.24) is 15.1 Å². The average molecular weight is 320 g/mol. The highest BCUT2D eigenvalue weighted by Crippen LogP contribution is 2.27. The van der Waals surface area contributed by atoms with Crippen LogP contribution >= 0.6 is 15.9 Å². The first-order valence-electron chi connectivity index (χ1n) is 6.16. The average Bonchev–Trinajstić information content (AvgIpc) is 2.67. The van der Waals surface area contributed by atoms with Gasteiger partial charge in [0.15, 0.2) is 0 Å². The number of methoxy groups -OCH3 is 1. The smallest absolute Gasteiger partial charge is 0.117 e. The number of hydrogen-bond acceptors (Lipinski definition) is 4. The van der Waals surface area contributed by atoms with Gasteiger partial charge in [-0.25, -0.2) is 0 Å². The summed E-state index contributed by atoms with van der Waals surface area (Å²) in [7, 11) is 1.66. The van der Waals surface area contributed by atoms with E-state index >= 15 is 0 Å². The van der Waals surface area contributed by atoms with Gasteiger partial charge in [0, 0.05) is 26.7 Å². The Morgan fingerprint density at radius 2 is 2.33 bits per heavy atom.